The van der Waals surface area contributed by atoms with E-state index >= 15 is 0 Å². The lowest BCUT2D eigenvalue weighted by Crippen LogP contribution is -2.31. The largest absolute Gasteiger partial charge is 0.368 e. The number of halogens is 1. The van der Waals surface area contributed by atoms with Gasteiger partial charge in [0.1, 0.15) is 0 Å². The Morgan fingerprint density at radius 3 is 2.56 bits per heavy atom. The Hall–Kier alpha value is -1.01. The summed E-state index contributed by atoms with van der Waals surface area (Å²) in [5.74, 6) is 0. The summed E-state index contributed by atoms with van der Waals surface area (Å²) in [6, 6.07) is 8.36. The maximum Gasteiger partial charge on any atom is 0.0992 e. The lowest BCUT2D eigenvalue weighted by molar-refractivity contribution is 0.670. The maximum absolute atomic E-state index is 8.82. The van der Waals surface area contributed by atoms with E-state index in [1.54, 1.807) is 0 Å². The third kappa shape index (κ3) is 2.99. The van der Waals surface area contributed by atoms with Crippen LogP contribution in [0.4, 0.5) is 5.69 Å². The van der Waals surface area contributed by atoms with Gasteiger partial charge >= 0.3 is 0 Å². The summed E-state index contributed by atoms with van der Waals surface area (Å²) < 4.78 is 0.994. The molecule has 0 atom stereocenters. The highest BCUT2D eigenvalue weighted by Gasteiger charge is 2.12. The second kappa shape index (κ2) is 5.91. The van der Waals surface area contributed by atoms with Crippen molar-refractivity contribution in [2.24, 2.45) is 0 Å². The Morgan fingerprint density at radius 2 is 2.12 bits per heavy atom. The van der Waals surface area contributed by atoms with Crippen molar-refractivity contribution in [1.82, 2.24) is 0 Å². The molecule has 0 aliphatic heterocycles. The van der Waals surface area contributed by atoms with E-state index in [0.717, 1.165) is 23.1 Å². The minimum absolute atomic E-state index is 0.462. The van der Waals surface area contributed by atoms with Crippen molar-refractivity contribution in [3.8, 4) is 6.07 Å². The van der Waals surface area contributed by atoms with E-state index in [9.17, 15) is 0 Å². The fraction of sp³-hybridized carbons (Fsp3) is 0.462. The van der Waals surface area contributed by atoms with Crippen molar-refractivity contribution in [3.05, 3.63) is 28.2 Å². The Morgan fingerprint density at radius 1 is 1.44 bits per heavy atom. The zero-order valence-corrected chi connectivity index (χ0v) is 11.6. The molecule has 0 saturated carbocycles. The van der Waals surface area contributed by atoms with Crippen LogP contribution in [0.5, 0.6) is 0 Å². The van der Waals surface area contributed by atoms with E-state index in [0.29, 0.717) is 11.6 Å². The molecule has 2 nitrogen and oxygen atoms in total. The summed E-state index contributed by atoms with van der Waals surface area (Å²) in [7, 11) is 0. The van der Waals surface area contributed by atoms with Gasteiger partial charge in [-0.25, -0.2) is 0 Å². The van der Waals surface area contributed by atoms with Gasteiger partial charge < -0.3 is 4.90 Å². The molecule has 0 saturated heterocycles. The second-order valence-electron chi connectivity index (χ2n) is 4.07. The molecule has 0 heterocycles. The predicted octanol–water partition coefficient (Wildman–Crippen LogP) is 3.95. The van der Waals surface area contributed by atoms with Crippen LogP contribution >= 0.6 is 15.9 Å². The van der Waals surface area contributed by atoms with Crippen molar-refractivity contribution in [2.45, 2.75) is 33.2 Å². The van der Waals surface area contributed by atoms with E-state index < -0.39 is 0 Å². The summed E-state index contributed by atoms with van der Waals surface area (Å²) in [4.78, 5) is 2.34. The van der Waals surface area contributed by atoms with E-state index in [1.165, 1.54) is 0 Å². The molecule has 16 heavy (non-hydrogen) atoms. The first kappa shape index (κ1) is 13.1. The number of hydrogen-bond donors (Lipinski definition) is 0. The molecular formula is C13H17BrN2. The molecule has 1 aromatic carbocycles. The number of hydrogen-bond acceptors (Lipinski definition) is 2. The molecule has 1 rings (SSSR count). The van der Waals surface area contributed by atoms with Gasteiger partial charge in [0.05, 0.1) is 17.3 Å². The van der Waals surface area contributed by atoms with E-state index in [2.05, 4.69) is 47.7 Å². The molecule has 0 aliphatic carbocycles. The van der Waals surface area contributed by atoms with E-state index in [1.807, 2.05) is 18.2 Å². The van der Waals surface area contributed by atoms with Crippen LogP contribution in [0.1, 0.15) is 32.8 Å². The first-order valence-corrected chi connectivity index (χ1v) is 6.35. The minimum atomic E-state index is 0.462. The van der Waals surface area contributed by atoms with Crippen LogP contribution in [0.25, 0.3) is 0 Å². The summed E-state index contributed by atoms with van der Waals surface area (Å²) in [5, 5.41) is 8.82. The highest BCUT2D eigenvalue weighted by molar-refractivity contribution is 9.10. The van der Waals surface area contributed by atoms with Crippen molar-refractivity contribution >= 4 is 21.6 Å². The zero-order valence-electron chi connectivity index (χ0n) is 10.00. The normalized spacial score (nSPS) is 10.2. The molecule has 0 aliphatic rings. The number of rotatable bonds is 4. The molecular weight excluding hydrogens is 264 g/mol. The van der Waals surface area contributed by atoms with Gasteiger partial charge in [0.25, 0.3) is 0 Å². The Labute approximate surface area is 106 Å². The highest BCUT2D eigenvalue weighted by Crippen LogP contribution is 2.28. The minimum Gasteiger partial charge on any atom is -0.368 e. The smallest absolute Gasteiger partial charge is 0.0992 e. The first-order chi connectivity index (χ1) is 7.60. The SMILES string of the molecule is CCCN(c1ccc(C#N)cc1Br)C(C)C. The topological polar surface area (TPSA) is 27.0 Å². The molecule has 0 bridgehead atoms. The fourth-order valence-electron chi connectivity index (χ4n) is 1.71. The third-order valence-corrected chi connectivity index (χ3v) is 3.11. The third-order valence-electron chi connectivity index (χ3n) is 2.47. The van der Waals surface area contributed by atoms with Gasteiger partial charge in [-0.3, -0.25) is 0 Å². The molecule has 0 unspecified atom stereocenters. The number of anilines is 1. The Bertz CT molecular complexity index is 393. The van der Waals surface area contributed by atoms with Gasteiger partial charge in [0.2, 0.25) is 0 Å². The average Bonchev–Trinajstić information content (AvgIpc) is 2.26. The number of nitriles is 1. The van der Waals surface area contributed by atoms with Crippen LogP contribution in [0.15, 0.2) is 22.7 Å². The van der Waals surface area contributed by atoms with Gasteiger partial charge in [0.15, 0.2) is 0 Å². The fourth-order valence-corrected chi connectivity index (χ4v) is 2.31. The standard InChI is InChI=1S/C13H17BrN2/c1-4-7-16(10(2)3)13-6-5-11(9-15)8-12(13)14/h5-6,8,10H,4,7H2,1-3H3. The lowest BCUT2D eigenvalue weighted by atomic mass is 10.2. The summed E-state index contributed by atoms with van der Waals surface area (Å²) in [6.45, 7) is 7.57. The second-order valence-corrected chi connectivity index (χ2v) is 4.92. The molecule has 0 radical (unpaired) electrons. The van der Waals surface area contributed by atoms with Crippen molar-refractivity contribution in [2.75, 3.05) is 11.4 Å². The van der Waals surface area contributed by atoms with Crippen LogP contribution in [-0.2, 0) is 0 Å². The summed E-state index contributed by atoms with van der Waals surface area (Å²) >= 11 is 3.53. The number of benzene rings is 1. The van der Waals surface area contributed by atoms with Crippen molar-refractivity contribution < 1.29 is 0 Å². The summed E-state index contributed by atoms with van der Waals surface area (Å²) in [6.07, 6.45) is 1.12. The molecule has 0 aromatic heterocycles. The van der Waals surface area contributed by atoms with Crippen LogP contribution < -0.4 is 4.90 Å². The number of nitrogens with zero attached hydrogens (tertiary/aromatic N) is 2. The Balaban J connectivity index is 3.06. The Kier molecular flexibility index (Phi) is 4.82. The van der Waals surface area contributed by atoms with Gasteiger partial charge in [-0.15, -0.1) is 0 Å². The molecule has 0 spiro atoms. The van der Waals surface area contributed by atoms with Gasteiger partial charge in [-0.1, -0.05) is 6.92 Å². The lowest BCUT2D eigenvalue weighted by Gasteiger charge is -2.29. The molecule has 0 amide bonds. The zero-order chi connectivity index (χ0) is 12.1. The van der Waals surface area contributed by atoms with Gasteiger partial charge in [-0.2, -0.15) is 5.26 Å². The molecule has 1 aromatic rings. The van der Waals surface area contributed by atoms with Crippen LogP contribution in [-0.4, -0.2) is 12.6 Å². The first-order valence-electron chi connectivity index (χ1n) is 5.56. The van der Waals surface area contributed by atoms with Gasteiger partial charge in [0, 0.05) is 17.1 Å². The maximum atomic E-state index is 8.82. The van der Waals surface area contributed by atoms with Crippen LogP contribution in [0.2, 0.25) is 0 Å². The molecule has 3 heteroatoms. The average molecular weight is 281 g/mol. The highest BCUT2D eigenvalue weighted by atomic mass is 79.9. The molecule has 0 fully saturated rings. The van der Waals surface area contributed by atoms with Gasteiger partial charge in [-0.05, 0) is 54.4 Å². The van der Waals surface area contributed by atoms with Crippen molar-refractivity contribution in [3.63, 3.8) is 0 Å². The molecule has 86 valence electrons. The quantitative estimate of drug-likeness (QED) is 0.835. The van der Waals surface area contributed by atoms with Crippen LogP contribution in [0.3, 0.4) is 0 Å². The molecule has 0 N–H and O–H groups in total. The monoisotopic (exact) mass is 280 g/mol. The summed E-state index contributed by atoms with van der Waals surface area (Å²) in [5.41, 5.74) is 1.85. The van der Waals surface area contributed by atoms with Crippen molar-refractivity contribution in [1.29, 1.82) is 5.26 Å². The predicted molar refractivity (Wildman–Crippen MR) is 71.6 cm³/mol. The van der Waals surface area contributed by atoms with E-state index in [4.69, 9.17) is 5.26 Å². The van der Waals surface area contributed by atoms with E-state index in [-0.39, 0.29) is 0 Å². The van der Waals surface area contributed by atoms with Crippen LogP contribution in [0, 0.1) is 11.3 Å².